The van der Waals surface area contributed by atoms with Crippen LogP contribution in [0.4, 0.5) is 4.39 Å². The summed E-state index contributed by atoms with van der Waals surface area (Å²) < 4.78 is 18.2. The Hall–Kier alpha value is -1.42. The first-order chi connectivity index (χ1) is 8.65. The lowest BCUT2D eigenvalue weighted by Crippen LogP contribution is -2.49. The Labute approximate surface area is 105 Å². The van der Waals surface area contributed by atoms with Crippen LogP contribution in [0, 0.1) is 5.82 Å². The number of hydrogen-bond donors (Lipinski definition) is 1. The second kappa shape index (κ2) is 4.05. The normalized spacial score (nSPS) is 25.9. The van der Waals surface area contributed by atoms with Crippen molar-refractivity contribution in [3.05, 3.63) is 35.1 Å². The van der Waals surface area contributed by atoms with Crippen LogP contribution in [-0.2, 0) is 21.5 Å². The predicted octanol–water partition coefficient (Wildman–Crippen LogP) is 1.89. The molecule has 18 heavy (non-hydrogen) atoms. The first-order valence-corrected chi connectivity index (χ1v) is 6.31. The number of esters is 1. The molecule has 2 aliphatic rings. The van der Waals surface area contributed by atoms with Crippen molar-refractivity contribution in [3.63, 3.8) is 0 Å². The highest BCUT2D eigenvalue weighted by Crippen LogP contribution is 2.40. The molecule has 0 spiro atoms. The van der Waals surface area contributed by atoms with Gasteiger partial charge in [-0.2, -0.15) is 0 Å². The zero-order valence-corrected chi connectivity index (χ0v) is 10.3. The summed E-state index contributed by atoms with van der Waals surface area (Å²) in [5, 5.41) is 3.40. The Bertz CT molecular complexity index is 499. The summed E-state index contributed by atoms with van der Waals surface area (Å²) >= 11 is 0. The summed E-state index contributed by atoms with van der Waals surface area (Å²) in [5.74, 6) is -0.513. The Kier molecular flexibility index (Phi) is 2.63. The van der Waals surface area contributed by atoms with Crippen LogP contribution in [-0.4, -0.2) is 19.1 Å². The van der Waals surface area contributed by atoms with Crippen LogP contribution in [0.25, 0.3) is 0 Å². The zero-order valence-electron chi connectivity index (χ0n) is 10.3. The molecule has 4 heteroatoms. The maximum Gasteiger partial charge on any atom is 0.330 e. The number of methoxy groups -OCH3 is 1. The summed E-state index contributed by atoms with van der Waals surface area (Å²) in [6.45, 7) is 0. The van der Waals surface area contributed by atoms with Gasteiger partial charge in [0.15, 0.2) is 0 Å². The van der Waals surface area contributed by atoms with Crippen molar-refractivity contribution < 1.29 is 13.9 Å². The smallest absolute Gasteiger partial charge is 0.330 e. The van der Waals surface area contributed by atoms with Crippen LogP contribution in [0.5, 0.6) is 0 Å². The zero-order chi connectivity index (χ0) is 12.8. The minimum absolute atomic E-state index is 0.249. The van der Waals surface area contributed by atoms with Crippen LogP contribution < -0.4 is 5.32 Å². The van der Waals surface area contributed by atoms with Crippen LogP contribution in [0.2, 0.25) is 0 Å². The van der Waals surface area contributed by atoms with Gasteiger partial charge in [-0.15, -0.1) is 0 Å². The number of carbonyl (C=O) groups excluding carboxylic acids is 1. The molecule has 0 aromatic heterocycles. The molecule has 0 heterocycles. The minimum Gasteiger partial charge on any atom is -0.467 e. The van der Waals surface area contributed by atoms with Crippen LogP contribution in [0.1, 0.15) is 30.4 Å². The second-order valence-electron chi connectivity index (χ2n) is 5.12. The standard InChI is InChI=1S/C14H16FNO2/c1-18-13(17)14(16-11-3-4-11)7-6-9-8-10(15)2-5-12(9)14/h2,5,8,11,16H,3-4,6-7H2,1H3. The molecule has 3 nitrogen and oxygen atoms in total. The van der Waals surface area contributed by atoms with Gasteiger partial charge >= 0.3 is 5.97 Å². The lowest BCUT2D eigenvalue weighted by molar-refractivity contribution is -0.149. The molecule has 0 bridgehead atoms. The van der Waals surface area contributed by atoms with E-state index in [1.807, 2.05) is 0 Å². The first kappa shape index (κ1) is 11.7. The molecule has 1 N–H and O–H groups in total. The first-order valence-electron chi connectivity index (χ1n) is 6.31. The fourth-order valence-corrected chi connectivity index (χ4v) is 2.81. The van der Waals surface area contributed by atoms with E-state index in [2.05, 4.69) is 5.32 Å². The molecule has 0 amide bonds. The molecular weight excluding hydrogens is 233 g/mol. The van der Waals surface area contributed by atoms with Gasteiger partial charge in [0.25, 0.3) is 0 Å². The Morgan fingerprint density at radius 1 is 1.50 bits per heavy atom. The van der Waals surface area contributed by atoms with E-state index in [0.29, 0.717) is 18.9 Å². The highest BCUT2D eigenvalue weighted by atomic mass is 19.1. The fourth-order valence-electron chi connectivity index (χ4n) is 2.81. The van der Waals surface area contributed by atoms with Crippen molar-refractivity contribution >= 4 is 5.97 Å². The van der Waals surface area contributed by atoms with Crippen molar-refractivity contribution in [1.82, 2.24) is 5.32 Å². The van der Waals surface area contributed by atoms with Crippen LogP contribution in [0.15, 0.2) is 18.2 Å². The molecule has 3 rings (SSSR count). The van der Waals surface area contributed by atoms with Crippen molar-refractivity contribution in [3.8, 4) is 0 Å². The van der Waals surface area contributed by atoms with E-state index in [1.54, 1.807) is 6.07 Å². The molecule has 96 valence electrons. The molecule has 1 unspecified atom stereocenters. The third kappa shape index (κ3) is 1.72. The Morgan fingerprint density at radius 3 is 2.94 bits per heavy atom. The van der Waals surface area contributed by atoms with Gasteiger partial charge in [-0.05, 0) is 48.9 Å². The third-order valence-corrected chi connectivity index (χ3v) is 3.86. The lowest BCUT2D eigenvalue weighted by atomic mass is 9.91. The van der Waals surface area contributed by atoms with Crippen LogP contribution >= 0.6 is 0 Å². The average Bonchev–Trinajstić information content (AvgIpc) is 3.10. The number of rotatable bonds is 3. The number of ether oxygens (including phenoxy) is 1. The molecule has 1 aromatic rings. The van der Waals surface area contributed by atoms with Gasteiger partial charge < -0.3 is 4.74 Å². The third-order valence-electron chi connectivity index (χ3n) is 3.86. The largest absolute Gasteiger partial charge is 0.467 e. The lowest BCUT2D eigenvalue weighted by Gasteiger charge is -2.29. The van der Waals surface area contributed by atoms with E-state index in [1.165, 1.54) is 19.2 Å². The fraction of sp³-hybridized carbons (Fsp3) is 0.500. The number of benzene rings is 1. The van der Waals surface area contributed by atoms with Crippen molar-refractivity contribution in [2.45, 2.75) is 37.3 Å². The van der Waals surface area contributed by atoms with E-state index < -0.39 is 5.54 Å². The molecule has 1 fully saturated rings. The Balaban J connectivity index is 2.03. The highest BCUT2D eigenvalue weighted by molar-refractivity contribution is 5.84. The second-order valence-corrected chi connectivity index (χ2v) is 5.12. The van der Waals surface area contributed by atoms with Gasteiger partial charge in [0, 0.05) is 6.04 Å². The number of aryl methyl sites for hydroxylation is 1. The predicted molar refractivity (Wildman–Crippen MR) is 64.6 cm³/mol. The van der Waals surface area contributed by atoms with E-state index >= 15 is 0 Å². The SMILES string of the molecule is COC(=O)C1(NC2CC2)CCc2cc(F)ccc21. The number of nitrogens with one attached hydrogen (secondary N) is 1. The number of carbonyl (C=O) groups is 1. The van der Waals surface area contributed by atoms with Crippen molar-refractivity contribution in [1.29, 1.82) is 0 Å². The van der Waals surface area contributed by atoms with E-state index in [4.69, 9.17) is 4.74 Å². The summed E-state index contributed by atoms with van der Waals surface area (Å²) in [7, 11) is 1.40. The van der Waals surface area contributed by atoms with Crippen LogP contribution in [0.3, 0.4) is 0 Å². The molecule has 2 aliphatic carbocycles. The molecule has 0 saturated heterocycles. The highest BCUT2D eigenvalue weighted by Gasteiger charge is 2.49. The van der Waals surface area contributed by atoms with Gasteiger partial charge in [-0.1, -0.05) is 6.07 Å². The summed E-state index contributed by atoms with van der Waals surface area (Å²) in [4.78, 5) is 12.2. The topological polar surface area (TPSA) is 38.3 Å². The Morgan fingerprint density at radius 2 is 2.28 bits per heavy atom. The number of halogens is 1. The summed E-state index contributed by atoms with van der Waals surface area (Å²) in [6, 6.07) is 5.04. The van der Waals surface area contributed by atoms with Crippen molar-refractivity contribution in [2.75, 3.05) is 7.11 Å². The van der Waals surface area contributed by atoms with E-state index in [9.17, 15) is 9.18 Å². The van der Waals surface area contributed by atoms with Gasteiger partial charge in [0.05, 0.1) is 7.11 Å². The quantitative estimate of drug-likeness (QED) is 0.831. The number of hydrogen-bond acceptors (Lipinski definition) is 3. The minimum atomic E-state index is -0.765. The molecular formula is C14H16FNO2. The molecule has 0 aliphatic heterocycles. The van der Waals surface area contributed by atoms with Gasteiger partial charge in [0.1, 0.15) is 11.4 Å². The molecule has 1 aromatic carbocycles. The molecule has 1 saturated carbocycles. The van der Waals surface area contributed by atoms with Gasteiger partial charge in [-0.3, -0.25) is 5.32 Å². The number of fused-ring (bicyclic) bond motifs is 1. The monoisotopic (exact) mass is 249 g/mol. The van der Waals surface area contributed by atoms with Crippen molar-refractivity contribution in [2.24, 2.45) is 0 Å². The summed E-state index contributed by atoms with van der Waals surface area (Å²) in [5.41, 5.74) is 1.02. The van der Waals surface area contributed by atoms with Gasteiger partial charge in [0.2, 0.25) is 0 Å². The molecule has 0 radical (unpaired) electrons. The maximum atomic E-state index is 13.2. The van der Waals surface area contributed by atoms with E-state index in [-0.39, 0.29) is 11.8 Å². The van der Waals surface area contributed by atoms with Gasteiger partial charge in [-0.25, -0.2) is 9.18 Å². The maximum absolute atomic E-state index is 13.2. The summed E-state index contributed by atoms with van der Waals surface area (Å²) in [6.07, 6.45) is 3.54. The van der Waals surface area contributed by atoms with E-state index in [0.717, 1.165) is 24.0 Å². The average molecular weight is 249 g/mol. The molecule has 1 atom stereocenters.